The van der Waals surface area contributed by atoms with Crippen LogP contribution in [0.25, 0.3) is 0 Å². The first kappa shape index (κ1) is 51.2. The predicted molar refractivity (Wildman–Crippen MR) is 163 cm³/mol. The first-order valence-corrected chi connectivity index (χ1v) is 16.3. The molecule has 0 amide bonds. The second-order valence-electron chi connectivity index (χ2n) is 10.5. The third kappa shape index (κ3) is 16.0. The van der Waals surface area contributed by atoms with E-state index < -0.39 is 34.7 Å². The number of carboxylic acid groups (broad SMARTS) is 3. The molecule has 0 aliphatic rings. The fourth-order valence-electron chi connectivity index (χ4n) is 4.21. The van der Waals surface area contributed by atoms with E-state index in [4.69, 9.17) is 14.2 Å². The van der Waals surface area contributed by atoms with E-state index in [9.17, 15) is 44.1 Å². The van der Waals surface area contributed by atoms with Crippen molar-refractivity contribution in [2.24, 2.45) is 0 Å². The van der Waals surface area contributed by atoms with Gasteiger partial charge in [0, 0.05) is 39.1 Å². The molecule has 0 saturated carbocycles. The number of rotatable bonds is 24. The van der Waals surface area contributed by atoms with Crippen molar-refractivity contribution in [3.8, 4) is 0 Å². The zero-order valence-corrected chi connectivity index (χ0v) is 32.4. The van der Waals surface area contributed by atoms with E-state index in [-0.39, 0.29) is 108 Å². The fraction of sp³-hybridized carbons (Fsp3) is 0.818. The summed E-state index contributed by atoms with van der Waals surface area (Å²) in [6.45, 7) is 16.7. The van der Waals surface area contributed by atoms with Crippen LogP contribution in [-0.2, 0) is 75.7 Å². The summed E-state index contributed by atoms with van der Waals surface area (Å²) in [4.78, 5) is 68.1. The number of aliphatic carboxylic acids is 3. The second kappa shape index (κ2) is 28.4. The smallest absolute Gasteiger partial charge is 0.546 e. The minimum atomic E-state index is -1.73. The summed E-state index contributed by atoms with van der Waals surface area (Å²) >= 11 is 0. The molecular formula is C33H57O12Y. The first-order valence-electron chi connectivity index (χ1n) is 16.3. The van der Waals surface area contributed by atoms with Crippen LogP contribution in [0.4, 0.5) is 0 Å². The van der Waals surface area contributed by atoms with Crippen LogP contribution in [0.5, 0.6) is 0 Å². The summed E-state index contributed by atoms with van der Waals surface area (Å²) in [7, 11) is 0. The van der Waals surface area contributed by atoms with Crippen LogP contribution in [-0.4, -0.2) is 71.9 Å². The van der Waals surface area contributed by atoms with E-state index in [1.54, 1.807) is 20.8 Å². The van der Waals surface area contributed by atoms with Crippen molar-refractivity contribution in [3.63, 3.8) is 0 Å². The van der Waals surface area contributed by atoms with E-state index in [1.807, 2.05) is 41.5 Å². The van der Waals surface area contributed by atoms with Crippen LogP contribution in [0.1, 0.15) is 139 Å². The van der Waals surface area contributed by atoms with Gasteiger partial charge in [0.2, 0.25) is 0 Å². The van der Waals surface area contributed by atoms with Gasteiger partial charge in [-0.1, -0.05) is 62.3 Å². The minimum Gasteiger partial charge on any atom is -0.546 e. The molecule has 0 rings (SSSR count). The molecule has 0 aromatic carbocycles. The molecule has 0 radical (unpaired) electrons. The van der Waals surface area contributed by atoms with Gasteiger partial charge in [0.1, 0.15) is 0 Å². The number of hydrogen-bond donors (Lipinski definition) is 0. The van der Waals surface area contributed by atoms with Gasteiger partial charge in [-0.3, -0.25) is 14.4 Å². The zero-order valence-electron chi connectivity index (χ0n) is 29.6. The summed E-state index contributed by atoms with van der Waals surface area (Å²) in [5.41, 5.74) is -5.19. The van der Waals surface area contributed by atoms with E-state index in [2.05, 4.69) is 0 Å². The average Bonchev–Trinajstić information content (AvgIpc) is 2.99. The maximum absolute atomic E-state index is 11.7. The summed E-state index contributed by atoms with van der Waals surface area (Å²) in [6, 6.07) is 0. The molecule has 0 bridgehead atoms. The topological polar surface area (TPSA) is 199 Å². The number of ether oxygens (including phenoxy) is 3. The van der Waals surface area contributed by atoms with Crippen LogP contribution in [0.2, 0.25) is 0 Å². The number of hydrogen-bond acceptors (Lipinski definition) is 12. The second-order valence-corrected chi connectivity index (χ2v) is 10.5. The number of carboxylic acids is 3. The number of ketones is 3. The van der Waals surface area contributed by atoms with Crippen molar-refractivity contribution < 1.29 is 91.0 Å². The monoisotopic (exact) mass is 734 g/mol. The quantitative estimate of drug-likeness (QED) is 0.131. The molecule has 0 N–H and O–H groups in total. The van der Waals surface area contributed by atoms with Gasteiger partial charge in [0.15, 0.2) is 34.2 Å². The Bertz CT molecular complexity index is 795. The molecule has 264 valence electrons. The van der Waals surface area contributed by atoms with E-state index in [0.717, 1.165) is 0 Å². The Morgan fingerprint density at radius 1 is 0.413 bits per heavy atom. The van der Waals surface area contributed by atoms with Crippen molar-refractivity contribution in [2.45, 2.75) is 156 Å². The molecule has 0 spiro atoms. The maximum Gasteiger partial charge on any atom is 3.00 e. The molecule has 3 atom stereocenters. The summed E-state index contributed by atoms with van der Waals surface area (Å²) in [5.74, 6) is -5.42. The number of Topliss-reactive ketones (excluding diaryl/α,β-unsaturated/α-hetero) is 3. The summed E-state index contributed by atoms with van der Waals surface area (Å²) < 4.78 is 15.6. The van der Waals surface area contributed by atoms with Crippen molar-refractivity contribution in [1.29, 1.82) is 0 Å². The number of carbonyl (C=O) groups is 6. The largest absolute Gasteiger partial charge is 3.00 e. The van der Waals surface area contributed by atoms with E-state index in [0.29, 0.717) is 38.5 Å². The molecule has 0 aromatic rings. The van der Waals surface area contributed by atoms with Gasteiger partial charge >= 0.3 is 32.7 Å². The Morgan fingerprint density at radius 3 is 0.717 bits per heavy atom. The molecule has 0 aliphatic heterocycles. The van der Waals surface area contributed by atoms with Crippen LogP contribution in [0.15, 0.2) is 0 Å². The molecule has 0 saturated heterocycles. The molecule has 0 aromatic heterocycles. The Morgan fingerprint density at radius 2 is 0.609 bits per heavy atom. The third-order valence-corrected chi connectivity index (χ3v) is 6.92. The predicted octanol–water partition coefficient (Wildman–Crippen LogP) is 2.04. The van der Waals surface area contributed by atoms with Crippen LogP contribution in [0, 0.1) is 0 Å². The fourth-order valence-corrected chi connectivity index (χ4v) is 4.21. The van der Waals surface area contributed by atoms with Crippen LogP contribution >= 0.6 is 0 Å². The Labute approximate surface area is 301 Å². The molecule has 13 heteroatoms. The number of carbonyl (C=O) groups excluding carboxylic acids is 6. The molecule has 0 heterocycles. The average molecular weight is 735 g/mol. The molecule has 3 unspecified atom stereocenters. The summed E-state index contributed by atoms with van der Waals surface area (Å²) in [5, 5.41) is 33.1. The first-order chi connectivity index (χ1) is 21.1. The van der Waals surface area contributed by atoms with Crippen LogP contribution < -0.4 is 15.3 Å². The van der Waals surface area contributed by atoms with Crippen molar-refractivity contribution in [3.05, 3.63) is 0 Å². The minimum absolute atomic E-state index is 0. The van der Waals surface area contributed by atoms with Crippen LogP contribution in [0.3, 0.4) is 0 Å². The van der Waals surface area contributed by atoms with Gasteiger partial charge in [-0.05, 0) is 57.8 Å². The van der Waals surface area contributed by atoms with Gasteiger partial charge in [0.25, 0.3) is 0 Å². The van der Waals surface area contributed by atoms with Gasteiger partial charge in [0.05, 0.1) is 17.9 Å². The maximum atomic E-state index is 11.7. The van der Waals surface area contributed by atoms with Gasteiger partial charge < -0.3 is 43.9 Å². The molecule has 0 fully saturated rings. The van der Waals surface area contributed by atoms with E-state index in [1.165, 1.54) is 0 Å². The normalized spacial score (nSPS) is 14.3. The standard InChI is InChI=1S/3C11H20O4.Y/c3*1-4-7-9(12)11(6-3,10(13)14)15-8-5-2;/h3*4-8H2,1-3H3,(H,13,14);/q;;;+3/p-3. The Kier molecular flexibility index (Phi) is 31.7. The van der Waals surface area contributed by atoms with E-state index >= 15 is 0 Å². The Hall–Kier alpha value is -1.60. The molecule has 46 heavy (non-hydrogen) atoms. The van der Waals surface area contributed by atoms with Crippen molar-refractivity contribution >= 4 is 35.3 Å². The van der Waals surface area contributed by atoms with Crippen molar-refractivity contribution in [2.75, 3.05) is 19.8 Å². The molecule has 0 aliphatic carbocycles. The van der Waals surface area contributed by atoms with Gasteiger partial charge in [-0.25, -0.2) is 0 Å². The van der Waals surface area contributed by atoms with Gasteiger partial charge in [-0.2, -0.15) is 0 Å². The molecular weight excluding hydrogens is 677 g/mol. The SMILES string of the molecule is CCCOC(CC)(C(=O)[O-])C(=O)CCC.CCCOC(CC)(C(=O)[O-])C(=O)CCC.CCCOC(CC)(C(=O)[O-])C(=O)CCC.[Y+3]. The van der Waals surface area contributed by atoms with Crippen molar-refractivity contribution in [1.82, 2.24) is 0 Å². The van der Waals surface area contributed by atoms with Gasteiger partial charge in [-0.15, -0.1) is 0 Å². The molecule has 12 nitrogen and oxygen atoms in total. The summed E-state index contributed by atoms with van der Waals surface area (Å²) in [6.07, 6.45) is 4.87. The third-order valence-electron chi connectivity index (χ3n) is 6.92. The Balaban J connectivity index is -0.000000285. The zero-order chi connectivity index (χ0) is 35.7.